The molecule has 2 rings (SSSR count). The number of carboxylic acid groups (broad SMARTS) is 1. The molecular formula is C16H19NO3. The minimum Gasteiger partial charge on any atom is -0.481 e. The molecule has 1 amide bonds. The first-order valence-electron chi connectivity index (χ1n) is 6.85. The van der Waals surface area contributed by atoms with E-state index < -0.39 is 11.9 Å². The van der Waals surface area contributed by atoms with Crippen molar-refractivity contribution in [3.63, 3.8) is 0 Å². The average Bonchev–Trinajstić information content (AvgIpc) is 2.90. The van der Waals surface area contributed by atoms with Crippen LogP contribution < -0.4 is 5.32 Å². The van der Waals surface area contributed by atoms with Crippen LogP contribution >= 0.6 is 0 Å². The fourth-order valence-electron chi connectivity index (χ4n) is 2.34. The van der Waals surface area contributed by atoms with Gasteiger partial charge in [-0.1, -0.05) is 24.3 Å². The normalized spacial score (nSPS) is 18.8. The fourth-order valence-corrected chi connectivity index (χ4v) is 2.34. The predicted octanol–water partition coefficient (Wildman–Crippen LogP) is 3.17. The number of hydrogen-bond donors (Lipinski definition) is 2. The molecular weight excluding hydrogens is 254 g/mol. The number of anilines is 1. The molecule has 0 spiro atoms. The molecule has 1 aliphatic carbocycles. The van der Waals surface area contributed by atoms with Gasteiger partial charge in [0.1, 0.15) is 0 Å². The largest absolute Gasteiger partial charge is 0.481 e. The van der Waals surface area contributed by atoms with E-state index in [1.165, 1.54) is 0 Å². The molecule has 0 bridgehead atoms. The van der Waals surface area contributed by atoms with Gasteiger partial charge in [0.2, 0.25) is 5.91 Å². The van der Waals surface area contributed by atoms with Crippen LogP contribution in [-0.4, -0.2) is 17.0 Å². The summed E-state index contributed by atoms with van der Waals surface area (Å²) in [6, 6.07) is 7.02. The molecule has 0 saturated carbocycles. The minimum atomic E-state index is -0.871. The third-order valence-electron chi connectivity index (χ3n) is 3.60. The van der Waals surface area contributed by atoms with Gasteiger partial charge in [-0.2, -0.15) is 0 Å². The third-order valence-corrected chi connectivity index (χ3v) is 3.60. The van der Waals surface area contributed by atoms with E-state index in [-0.39, 0.29) is 5.91 Å². The summed E-state index contributed by atoms with van der Waals surface area (Å²) in [7, 11) is 0. The summed E-state index contributed by atoms with van der Waals surface area (Å²) in [5, 5.41) is 11.8. The van der Waals surface area contributed by atoms with E-state index in [4.69, 9.17) is 5.11 Å². The Bertz CT molecular complexity index is 536. The summed E-state index contributed by atoms with van der Waals surface area (Å²) in [5.74, 6) is -1.15. The van der Waals surface area contributed by atoms with Gasteiger partial charge in [0, 0.05) is 12.1 Å². The van der Waals surface area contributed by atoms with Gasteiger partial charge in [0.25, 0.3) is 0 Å². The molecule has 2 atom stereocenters. The zero-order valence-electron chi connectivity index (χ0n) is 11.5. The number of nitrogens with one attached hydrogen (secondary N) is 1. The summed E-state index contributed by atoms with van der Waals surface area (Å²) >= 11 is 0. The lowest BCUT2D eigenvalue weighted by molar-refractivity contribution is -0.138. The molecule has 1 aromatic carbocycles. The fraction of sp³-hybridized carbons (Fsp3) is 0.375. The maximum absolute atomic E-state index is 11.9. The van der Waals surface area contributed by atoms with Gasteiger partial charge < -0.3 is 10.4 Å². The van der Waals surface area contributed by atoms with E-state index in [0.717, 1.165) is 12.8 Å². The van der Waals surface area contributed by atoms with Crippen molar-refractivity contribution in [2.75, 3.05) is 5.32 Å². The molecule has 0 fully saturated rings. The monoisotopic (exact) mass is 273 g/mol. The maximum Gasteiger partial charge on any atom is 0.310 e. The molecule has 0 saturated heterocycles. The second-order valence-electron chi connectivity index (χ2n) is 5.20. The van der Waals surface area contributed by atoms with Crippen LogP contribution in [0.5, 0.6) is 0 Å². The molecule has 0 unspecified atom stereocenters. The Morgan fingerprint density at radius 3 is 2.90 bits per heavy atom. The summed E-state index contributed by atoms with van der Waals surface area (Å²) in [6.45, 7) is 1.63. The van der Waals surface area contributed by atoms with Gasteiger partial charge in [0.15, 0.2) is 0 Å². The van der Waals surface area contributed by atoms with Gasteiger partial charge in [0.05, 0.1) is 5.92 Å². The number of rotatable bonds is 5. The standard InChI is InChI=1S/C16H19NO3/c1-11(16(19)20)13-7-4-8-14(10-13)17-15(18)9-12-5-2-3-6-12/h2,4-5,7-8,10-12H,3,6,9H2,1H3,(H,17,18)(H,19,20)/t11-,12-/m1/s1. The van der Waals surface area contributed by atoms with Crippen LogP contribution in [-0.2, 0) is 9.59 Å². The molecule has 106 valence electrons. The Hall–Kier alpha value is -2.10. The third kappa shape index (κ3) is 3.70. The number of allylic oxidation sites excluding steroid dienone is 2. The van der Waals surface area contributed by atoms with E-state index in [2.05, 4.69) is 17.5 Å². The molecule has 0 aliphatic heterocycles. The van der Waals surface area contributed by atoms with E-state index in [1.54, 1.807) is 31.2 Å². The average molecular weight is 273 g/mol. The first kappa shape index (κ1) is 14.3. The van der Waals surface area contributed by atoms with Crippen LogP contribution in [0.25, 0.3) is 0 Å². The first-order valence-corrected chi connectivity index (χ1v) is 6.85. The number of carbonyl (C=O) groups is 2. The lowest BCUT2D eigenvalue weighted by Gasteiger charge is -2.11. The number of carboxylic acids is 1. The predicted molar refractivity (Wildman–Crippen MR) is 77.6 cm³/mol. The summed E-state index contributed by atoms with van der Waals surface area (Å²) in [4.78, 5) is 22.9. The second-order valence-corrected chi connectivity index (χ2v) is 5.20. The van der Waals surface area contributed by atoms with Crippen molar-refractivity contribution in [1.82, 2.24) is 0 Å². The quantitative estimate of drug-likeness (QED) is 0.810. The lowest BCUT2D eigenvalue weighted by atomic mass is 10.0. The van der Waals surface area contributed by atoms with Crippen LogP contribution in [0.1, 0.15) is 37.7 Å². The molecule has 4 heteroatoms. The number of hydrogen-bond acceptors (Lipinski definition) is 2. The molecule has 4 nitrogen and oxygen atoms in total. The molecule has 0 radical (unpaired) electrons. The maximum atomic E-state index is 11.9. The van der Waals surface area contributed by atoms with Crippen LogP contribution in [0.15, 0.2) is 36.4 Å². The van der Waals surface area contributed by atoms with Gasteiger partial charge in [-0.15, -0.1) is 0 Å². The molecule has 1 aromatic rings. The smallest absolute Gasteiger partial charge is 0.310 e. The second kappa shape index (κ2) is 6.37. The molecule has 1 aliphatic rings. The lowest BCUT2D eigenvalue weighted by Crippen LogP contribution is -2.15. The van der Waals surface area contributed by atoms with Crippen molar-refractivity contribution >= 4 is 17.6 Å². The van der Waals surface area contributed by atoms with Crippen molar-refractivity contribution < 1.29 is 14.7 Å². The highest BCUT2D eigenvalue weighted by Gasteiger charge is 2.16. The number of aliphatic carboxylic acids is 1. The Morgan fingerprint density at radius 1 is 1.45 bits per heavy atom. The molecule has 20 heavy (non-hydrogen) atoms. The number of carbonyl (C=O) groups excluding carboxylic acids is 1. The van der Waals surface area contributed by atoms with Crippen molar-refractivity contribution in [1.29, 1.82) is 0 Å². The van der Waals surface area contributed by atoms with Gasteiger partial charge in [-0.25, -0.2) is 0 Å². The van der Waals surface area contributed by atoms with E-state index in [0.29, 0.717) is 23.6 Å². The number of amides is 1. The Labute approximate surface area is 118 Å². The highest BCUT2D eigenvalue weighted by atomic mass is 16.4. The SMILES string of the molecule is C[C@@H](C(=O)O)c1cccc(NC(=O)C[C@@H]2C=CCC2)c1. The van der Waals surface area contributed by atoms with Crippen LogP contribution in [0.4, 0.5) is 5.69 Å². The minimum absolute atomic E-state index is 0.0262. The van der Waals surface area contributed by atoms with E-state index in [9.17, 15) is 9.59 Å². The number of benzene rings is 1. The topological polar surface area (TPSA) is 66.4 Å². The van der Waals surface area contributed by atoms with Gasteiger partial charge in [-0.3, -0.25) is 9.59 Å². The van der Waals surface area contributed by atoms with E-state index in [1.807, 2.05) is 0 Å². The first-order chi connectivity index (χ1) is 9.56. The Balaban J connectivity index is 1.98. The van der Waals surface area contributed by atoms with Crippen molar-refractivity contribution in [2.24, 2.45) is 5.92 Å². The van der Waals surface area contributed by atoms with E-state index >= 15 is 0 Å². The Morgan fingerprint density at radius 2 is 2.25 bits per heavy atom. The highest BCUT2D eigenvalue weighted by Crippen LogP contribution is 2.22. The van der Waals surface area contributed by atoms with Crippen molar-refractivity contribution in [2.45, 2.75) is 32.1 Å². The van der Waals surface area contributed by atoms with Crippen LogP contribution in [0.3, 0.4) is 0 Å². The van der Waals surface area contributed by atoms with Crippen LogP contribution in [0, 0.1) is 5.92 Å². The zero-order valence-corrected chi connectivity index (χ0v) is 11.5. The van der Waals surface area contributed by atoms with Crippen molar-refractivity contribution in [3.05, 3.63) is 42.0 Å². The van der Waals surface area contributed by atoms with Crippen molar-refractivity contribution in [3.8, 4) is 0 Å². The summed E-state index contributed by atoms with van der Waals surface area (Å²) in [6.07, 6.45) is 6.75. The molecule has 2 N–H and O–H groups in total. The van der Waals surface area contributed by atoms with Crippen LogP contribution in [0.2, 0.25) is 0 Å². The molecule has 0 heterocycles. The molecule has 0 aromatic heterocycles. The zero-order chi connectivity index (χ0) is 14.5. The van der Waals surface area contributed by atoms with Gasteiger partial charge >= 0.3 is 5.97 Å². The highest BCUT2D eigenvalue weighted by molar-refractivity contribution is 5.91. The summed E-state index contributed by atoms with van der Waals surface area (Å²) < 4.78 is 0. The van der Waals surface area contributed by atoms with Gasteiger partial charge in [-0.05, 0) is 43.4 Å². The Kier molecular flexibility index (Phi) is 4.56. The summed E-state index contributed by atoms with van der Waals surface area (Å²) in [5.41, 5.74) is 1.35.